The zero-order valence-corrected chi connectivity index (χ0v) is 11.5. The minimum atomic E-state index is -3.28. The molecule has 1 heterocycles. The van der Waals surface area contributed by atoms with Gasteiger partial charge in [-0.05, 0) is 26.9 Å². The monoisotopic (exact) mass is 263 g/mol. The van der Waals surface area contributed by atoms with Crippen molar-refractivity contribution in [1.29, 1.82) is 0 Å². The molecule has 0 aromatic carbocycles. The van der Waals surface area contributed by atoms with Gasteiger partial charge in [-0.2, -0.15) is 4.31 Å². The van der Waals surface area contributed by atoms with E-state index in [-0.39, 0.29) is 5.91 Å². The molecule has 1 unspecified atom stereocenters. The number of likely N-dealkylation sites (N-methyl/N-ethyl adjacent to an activating group) is 1. The van der Waals surface area contributed by atoms with Gasteiger partial charge in [-0.25, -0.2) is 8.42 Å². The number of rotatable bonds is 5. The van der Waals surface area contributed by atoms with Crippen LogP contribution in [-0.4, -0.2) is 69.6 Å². The lowest BCUT2D eigenvalue weighted by atomic mass is 10.2. The Morgan fingerprint density at radius 2 is 2.12 bits per heavy atom. The molecule has 1 rings (SSSR count). The highest BCUT2D eigenvalue weighted by molar-refractivity contribution is 7.88. The zero-order valence-electron chi connectivity index (χ0n) is 10.6. The summed E-state index contributed by atoms with van der Waals surface area (Å²) in [5, 5.41) is 2.77. The van der Waals surface area contributed by atoms with Gasteiger partial charge >= 0.3 is 0 Å². The fourth-order valence-corrected chi connectivity index (χ4v) is 3.04. The maximum Gasteiger partial charge on any atom is 0.238 e. The largest absolute Gasteiger partial charge is 0.353 e. The van der Waals surface area contributed by atoms with Gasteiger partial charge in [-0.15, -0.1) is 0 Å². The van der Waals surface area contributed by atoms with E-state index in [1.54, 1.807) is 0 Å². The van der Waals surface area contributed by atoms with E-state index in [9.17, 15) is 13.2 Å². The molecule has 100 valence electrons. The van der Waals surface area contributed by atoms with Crippen LogP contribution < -0.4 is 5.32 Å². The van der Waals surface area contributed by atoms with Crippen molar-refractivity contribution in [3.05, 3.63) is 0 Å². The quantitative estimate of drug-likeness (QED) is 0.697. The highest BCUT2D eigenvalue weighted by Crippen LogP contribution is 2.20. The molecule has 0 aromatic rings. The standard InChI is InChI=1S/C10H21N3O3S/c1-12(2)8-6-11-10(14)9-5-4-7-13(9)17(3,15)16/h9H,4-8H2,1-3H3,(H,11,14). The maximum absolute atomic E-state index is 11.8. The van der Waals surface area contributed by atoms with Crippen molar-refractivity contribution in [3.8, 4) is 0 Å². The summed E-state index contributed by atoms with van der Waals surface area (Å²) in [7, 11) is 0.566. The van der Waals surface area contributed by atoms with Gasteiger partial charge in [0.1, 0.15) is 6.04 Å². The summed E-state index contributed by atoms with van der Waals surface area (Å²) >= 11 is 0. The number of amides is 1. The summed E-state index contributed by atoms with van der Waals surface area (Å²) in [6.45, 7) is 1.74. The molecule has 17 heavy (non-hydrogen) atoms. The lowest BCUT2D eigenvalue weighted by molar-refractivity contribution is -0.124. The Hall–Kier alpha value is -0.660. The highest BCUT2D eigenvalue weighted by Gasteiger charge is 2.36. The number of sulfonamides is 1. The first-order valence-electron chi connectivity index (χ1n) is 5.71. The molecule has 0 spiro atoms. The van der Waals surface area contributed by atoms with Crippen LogP contribution in [0.4, 0.5) is 0 Å². The van der Waals surface area contributed by atoms with Gasteiger partial charge in [0.2, 0.25) is 15.9 Å². The molecule has 0 aliphatic carbocycles. The van der Waals surface area contributed by atoms with E-state index in [0.29, 0.717) is 19.5 Å². The molecule has 1 aliphatic rings. The van der Waals surface area contributed by atoms with Crippen LogP contribution in [0.3, 0.4) is 0 Å². The molecule has 1 saturated heterocycles. The fourth-order valence-electron chi connectivity index (χ4n) is 1.92. The molecule has 0 radical (unpaired) electrons. The molecule has 1 N–H and O–H groups in total. The Morgan fingerprint density at radius 1 is 1.47 bits per heavy atom. The van der Waals surface area contributed by atoms with E-state index in [1.165, 1.54) is 4.31 Å². The Kier molecular flexibility index (Phi) is 4.91. The first-order chi connectivity index (χ1) is 7.82. The molecule has 1 amide bonds. The lowest BCUT2D eigenvalue weighted by Gasteiger charge is -2.21. The van der Waals surface area contributed by atoms with Gasteiger partial charge in [0.15, 0.2) is 0 Å². The number of nitrogens with one attached hydrogen (secondary N) is 1. The van der Waals surface area contributed by atoms with Crippen LogP contribution in [0.2, 0.25) is 0 Å². The van der Waals surface area contributed by atoms with Gasteiger partial charge in [-0.3, -0.25) is 4.79 Å². The minimum absolute atomic E-state index is 0.185. The van der Waals surface area contributed by atoms with Crippen LogP contribution in [0, 0.1) is 0 Å². The normalized spacial score (nSPS) is 22.0. The van der Waals surface area contributed by atoms with E-state index in [1.807, 2.05) is 19.0 Å². The van der Waals surface area contributed by atoms with Gasteiger partial charge < -0.3 is 10.2 Å². The van der Waals surface area contributed by atoms with Crippen molar-refractivity contribution in [3.63, 3.8) is 0 Å². The Morgan fingerprint density at radius 3 is 2.65 bits per heavy atom. The van der Waals surface area contributed by atoms with Crippen molar-refractivity contribution in [2.75, 3.05) is 40.0 Å². The SMILES string of the molecule is CN(C)CCNC(=O)C1CCCN1S(C)(=O)=O. The molecule has 7 heteroatoms. The summed E-state index contributed by atoms with van der Waals surface area (Å²) in [5.41, 5.74) is 0. The molecule has 1 fully saturated rings. The molecular weight excluding hydrogens is 242 g/mol. The molecule has 0 bridgehead atoms. The van der Waals surface area contributed by atoms with Gasteiger partial charge in [0, 0.05) is 19.6 Å². The van der Waals surface area contributed by atoms with Crippen LogP contribution >= 0.6 is 0 Å². The third-order valence-corrected chi connectivity index (χ3v) is 4.08. The second-order valence-corrected chi connectivity index (χ2v) is 6.56. The predicted molar refractivity (Wildman–Crippen MR) is 66.1 cm³/mol. The van der Waals surface area contributed by atoms with Crippen LogP contribution in [0.25, 0.3) is 0 Å². The third kappa shape index (κ3) is 4.25. The molecule has 0 aromatic heterocycles. The Balaban J connectivity index is 2.51. The topological polar surface area (TPSA) is 69.7 Å². The van der Waals surface area contributed by atoms with Gasteiger partial charge in [-0.1, -0.05) is 0 Å². The highest BCUT2D eigenvalue weighted by atomic mass is 32.2. The first-order valence-corrected chi connectivity index (χ1v) is 7.56. The third-order valence-electron chi connectivity index (χ3n) is 2.79. The van der Waals surface area contributed by atoms with Crippen molar-refractivity contribution in [2.24, 2.45) is 0 Å². The number of nitrogens with zero attached hydrogens (tertiary/aromatic N) is 2. The number of carbonyl (C=O) groups is 1. The van der Waals surface area contributed by atoms with E-state index in [4.69, 9.17) is 0 Å². The number of hydrogen-bond acceptors (Lipinski definition) is 4. The average molecular weight is 263 g/mol. The Bertz CT molecular complexity index is 367. The molecule has 1 aliphatic heterocycles. The molecule has 1 atom stereocenters. The maximum atomic E-state index is 11.8. The first kappa shape index (κ1) is 14.4. The van der Waals surface area contributed by atoms with Crippen LogP contribution in [0.15, 0.2) is 0 Å². The van der Waals surface area contributed by atoms with Crippen molar-refractivity contribution in [2.45, 2.75) is 18.9 Å². The van der Waals surface area contributed by atoms with Crippen molar-refractivity contribution in [1.82, 2.24) is 14.5 Å². The minimum Gasteiger partial charge on any atom is -0.353 e. The summed E-state index contributed by atoms with van der Waals surface area (Å²) < 4.78 is 24.2. The fraction of sp³-hybridized carbons (Fsp3) is 0.900. The van der Waals surface area contributed by atoms with E-state index >= 15 is 0 Å². The zero-order chi connectivity index (χ0) is 13.1. The van der Waals surface area contributed by atoms with Crippen molar-refractivity contribution < 1.29 is 13.2 Å². The second-order valence-electron chi connectivity index (χ2n) is 4.63. The predicted octanol–water partition coefficient (Wildman–Crippen LogP) is -0.912. The second kappa shape index (κ2) is 5.79. The van der Waals surface area contributed by atoms with Gasteiger partial charge in [0.05, 0.1) is 6.26 Å². The van der Waals surface area contributed by atoms with Gasteiger partial charge in [0.25, 0.3) is 0 Å². The van der Waals surface area contributed by atoms with E-state index < -0.39 is 16.1 Å². The average Bonchev–Trinajstić information content (AvgIpc) is 2.64. The summed E-state index contributed by atoms with van der Waals surface area (Å²) in [4.78, 5) is 13.8. The Labute approximate surface area is 103 Å². The summed E-state index contributed by atoms with van der Waals surface area (Å²) in [6, 6.07) is -0.521. The van der Waals surface area contributed by atoms with Crippen molar-refractivity contribution >= 4 is 15.9 Å². The summed E-state index contributed by atoms with van der Waals surface area (Å²) in [6.07, 6.45) is 2.51. The van der Waals surface area contributed by atoms with E-state index in [0.717, 1.165) is 19.2 Å². The molecule has 0 saturated carbocycles. The van der Waals surface area contributed by atoms with Crippen LogP contribution in [-0.2, 0) is 14.8 Å². The van der Waals surface area contributed by atoms with Crippen LogP contribution in [0.1, 0.15) is 12.8 Å². The molecule has 6 nitrogen and oxygen atoms in total. The van der Waals surface area contributed by atoms with E-state index in [2.05, 4.69) is 5.32 Å². The summed E-state index contributed by atoms with van der Waals surface area (Å²) in [5.74, 6) is -0.185. The molecular formula is C10H21N3O3S. The lowest BCUT2D eigenvalue weighted by Crippen LogP contribution is -2.46. The smallest absolute Gasteiger partial charge is 0.238 e. The number of carbonyl (C=O) groups excluding carboxylic acids is 1. The number of hydrogen-bond donors (Lipinski definition) is 1. The van der Waals surface area contributed by atoms with Crippen LogP contribution in [0.5, 0.6) is 0 Å².